The minimum atomic E-state index is -0.765. The summed E-state index contributed by atoms with van der Waals surface area (Å²) in [5.74, 6) is -1.53. The number of rotatable bonds is 4. The first kappa shape index (κ1) is 18.4. The number of nitrogen functional groups attached to an aromatic ring is 1. The highest BCUT2D eigenvalue weighted by molar-refractivity contribution is 7.17. The summed E-state index contributed by atoms with van der Waals surface area (Å²) in [6, 6.07) is 16.5. The van der Waals surface area contributed by atoms with Crippen LogP contribution in [0.1, 0.15) is 16.1 Å². The Kier molecular flexibility index (Phi) is 4.98. The number of carbonyl (C=O) groups is 1. The number of benzene rings is 2. The number of aromatic nitrogens is 1. The second-order valence-corrected chi connectivity index (χ2v) is 7.41. The zero-order valence-corrected chi connectivity index (χ0v) is 16.1. The number of thiophene rings is 1. The predicted octanol–water partition coefficient (Wildman–Crippen LogP) is 5.70. The molecular weight excluding hydrogens is 399 g/mol. The summed E-state index contributed by atoms with van der Waals surface area (Å²) in [5, 5.41) is 2.64. The van der Waals surface area contributed by atoms with E-state index in [4.69, 9.17) is 22.1 Å². The van der Waals surface area contributed by atoms with Gasteiger partial charge >= 0.3 is 5.97 Å². The molecule has 7 heteroatoms. The topological polar surface area (TPSA) is 65.2 Å². The van der Waals surface area contributed by atoms with E-state index in [-0.39, 0.29) is 28.7 Å². The van der Waals surface area contributed by atoms with Crippen molar-refractivity contribution in [3.8, 4) is 11.3 Å². The third-order valence-electron chi connectivity index (χ3n) is 4.24. The lowest BCUT2D eigenvalue weighted by atomic mass is 10.1. The van der Waals surface area contributed by atoms with E-state index in [9.17, 15) is 9.18 Å². The highest BCUT2D eigenvalue weighted by Gasteiger charge is 2.23. The number of carbonyl (C=O) groups excluding carboxylic acids is 1. The van der Waals surface area contributed by atoms with Crippen molar-refractivity contribution in [3.05, 3.63) is 82.1 Å². The molecular formula is C21H14ClFN2O2S. The number of nitrogens with two attached hydrogens (primary N) is 1. The molecule has 0 fully saturated rings. The van der Waals surface area contributed by atoms with Crippen LogP contribution < -0.4 is 5.73 Å². The third-order valence-corrected chi connectivity index (χ3v) is 5.52. The first-order valence-corrected chi connectivity index (χ1v) is 9.63. The number of esters is 1. The molecule has 0 amide bonds. The van der Waals surface area contributed by atoms with Crippen molar-refractivity contribution in [3.63, 3.8) is 0 Å². The molecule has 140 valence electrons. The van der Waals surface area contributed by atoms with Crippen LogP contribution in [0.15, 0.2) is 60.0 Å². The largest absolute Gasteiger partial charge is 0.456 e. The van der Waals surface area contributed by atoms with Crippen LogP contribution in [-0.4, -0.2) is 11.0 Å². The van der Waals surface area contributed by atoms with E-state index >= 15 is 0 Å². The molecule has 2 aromatic carbocycles. The van der Waals surface area contributed by atoms with Gasteiger partial charge in [0.25, 0.3) is 0 Å². The van der Waals surface area contributed by atoms with E-state index in [1.165, 1.54) is 0 Å². The fourth-order valence-corrected chi connectivity index (χ4v) is 3.77. The van der Waals surface area contributed by atoms with E-state index in [0.717, 1.165) is 15.6 Å². The number of nitrogens with zero attached hydrogens (tertiary/aromatic N) is 1. The summed E-state index contributed by atoms with van der Waals surface area (Å²) in [6.45, 7) is 0.0468. The Morgan fingerprint density at radius 1 is 1.18 bits per heavy atom. The van der Waals surface area contributed by atoms with Crippen molar-refractivity contribution in [1.29, 1.82) is 0 Å². The van der Waals surface area contributed by atoms with Crippen molar-refractivity contribution in [2.75, 3.05) is 5.73 Å². The van der Waals surface area contributed by atoms with Crippen LogP contribution in [0.5, 0.6) is 0 Å². The monoisotopic (exact) mass is 412 g/mol. The van der Waals surface area contributed by atoms with Gasteiger partial charge in [-0.15, -0.1) is 11.3 Å². The molecule has 0 saturated heterocycles. The number of hydrogen-bond acceptors (Lipinski definition) is 5. The summed E-state index contributed by atoms with van der Waals surface area (Å²) in [4.78, 5) is 16.7. The summed E-state index contributed by atoms with van der Waals surface area (Å²) in [6.07, 6.45) is 0. The average Bonchev–Trinajstić information content (AvgIpc) is 3.19. The van der Waals surface area contributed by atoms with Gasteiger partial charge in [0.05, 0.1) is 10.7 Å². The maximum atomic E-state index is 14.7. The summed E-state index contributed by atoms with van der Waals surface area (Å²) in [5.41, 5.74) is 6.54. The molecule has 0 atom stereocenters. The van der Waals surface area contributed by atoms with Gasteiger partial charge in [-0.3, -0.25) is 0 Å². The molecule has 0 unspecified atom stereocenters. The fourth-order valence-electron chi connectivity index (χ4n) is 2.79. The SMILES string of the molecule is Nc1c(F)c(-c2ccc3sccc3c2)nc(C(=O)OCc2ccccc2)c1Cl. The molecule has 28 heavy (non-hydrogen) atoms. The average molecular weight is 413 g/mol. The van der Waals surface area contributed by atoms with Gasteiger partial charge in [-0.2, -0.15) is 0 Å². The maximum Gasteiger partial charge on any atom is 0.358 e. The number of ether oxygens (including phenoxy) is 1. The van der Waals surface area contributed by atoms with Crippen LogP contribution >= 0.6 is 22.9 Å². The Hall–Kier alpha value is -2.96. The van der Waals surface area contributed by atoms with Crippen LogP contribution in [-0.2, 0) is 11.3 Å². The Bertz CT molecular complexity index is 1180. The molecule has 0 aliphatic carbocycles. The zero-order chi connectivity index (χ0) is 19.7. The summed E-state index contributed by atoms with van der Waals surface area (Å²) < 4.78 is 21.1. The van der Waals surface area contributed by atoms with Gasteiger partial charge in [0.15, 0.2) is 11.5 Å². The molecule has 4 nitrogen and oxygen atoms in total. The van der Waals surface area contributed by atoms with Crippen LogP contribution in [0.2, 0.25) is 5.02 Å². The first-order valence-electron chi connectivity index (χ1n) is 8.37. The van der Waals surface area contributed by atoms with Crippen molar-refractivity contribution in [2.45, 2.75) is 6.61 Å². The Balaban J connectivity index is 1.70. The van der Waals surface area contributed by atoms with E-state index in [1.807, 2.05) is 47.8 Å². The Morgan fingerprint density at radius 2 is 1.96 bits per heavy atom. The van der Waals surface area contributed by atoms with Gasteiger partial charge in [-0.25, -0.2) is 14.2 Å². The van der Waals surface area contributed by atoms with Crippen LogP contribution in [0, 0.1) is 5.82 Å². The van der Waals surface area contributed by atoms with Crippen LogP contribution in [0.25, 0.3) is 21.3 Å². The standard InChI is InChI=1S/C21H14ClFN2O2S/c22-16-18(24)17(23)19(14-6-7-15-13(10-14)8-9-28-15)25-20(16)21(26)27-11-12-4-2-1-3-5-12/h1-10H,11H2,(H2,24,25). The molecule has 0 saturated carbocycles. The molecule has 0 spiro atoms. The molecule has 2 heterocycles. The molecule has 0 bridgehead atoms. The van der Waals surface area contributed by atoms with Crippen LogP contribution in [0.3, 0.4) is 0 Å². The summed E-state index contributed by atoms with van der Waals surface area (Å²) in [7, 11) is 0. The van der Waals surface area contributed by atoms with Crippen molar-refractivity contribution in [1.82, 2.24) is 4.98 Å². The first-order chi connectivity index (χ1) is 13.5. The van der Waals surface area contributed by atoms with Gasteiger partial charge in [-0.05, 0) is 34.5 Å². The smallest absolute Gasteiger partial charge is 0.358 e. The fraction of sp³-hybridized carbons (Fsp3) is 0.0476. The predicted molar refractivity (Wildman–Crippen MR) is 110 cm³/mol. The lowest BCUT2D eigenvalue weighted by Gasteiger charge is -2.12. The van der Waals surface area contributed by atoms with E-state index in [2.05, 4.69) is 4.98 Å². The number of anilines is 1. The second-order valence-electron chi connectivity index (χ2n) is 6.09. The molecule has 0 radical (unpaired) electrons. The number of pyridine rings is 1. The second kappa shape index (κ2) is 7.58. The van der Waals surface area contributed by atoms with Gasteiger partial charge < -0.3 is 10.5 Å². The normalized spacial score (nSPS) is 10.9. The van der Waals surface area contributed by atoms with Gasteiger partial charge in [0.2, 0.25) is 0 Å². The van der Waals surface area contributed by atoms with Crippen LogP contribution in [0.4, 0.5) is 10.1 Å². The Morgan fingerprint density at radius 3 is 2.75 bits per heavy atom. The maximum absolute atomic E-state index is 14.7. The molecule has 2 aromatic heterocycles. The van der Waals surface area contributed by atoms with Gasteiger partial charge in [0, 0.05) is 10.3 Å². The number of fused-ring (bicyclic) bond motifs is 1. The molecule has 4 rings (SSSR count). The lowest BCUT2D eigenvalue weighted by molar-refractivity contribution is 0.0466. The van der Waals surface area contributed by atoms with Crippen molar-refractivity contribution in [2.24, 2.45) is 0 Å². The molecule has 4 aromatic rings. The quantitative estimate of drug-likeness (QED) is 0.437. The Labute approximate surface area is 169 Å². The lowest BCUT2D eigenvalue weighted by Crippen LogP contribution is -2.12. The number of halogens is 2. The highest BCUT2D eigenvalue weighted by atomic mass is 35.5. The minimum Gasteiger partial charge on any atom is -0.456 e. The minimum absolute atomic E-state index is 0.0401. The molecule has 0 aliphatic rings. The zero-order valence-electron chi connectivity index (χ0n) is 14.5. The van der Waals surface area contributed by atoms with Crippen molar-refractivity contribution >= 4 is 44.7 Å². The van der Waals surface area contributed by atoms with Gasteiger partial charge in [-0.1, -0.05) is 48.0 Å². The van der Waals surface area contributed by atoms with E-state index < -0.39 is 11.8 Å². The highest BCUT2D eigenvalue weighted by Crippen LogP contribution is 2.34. The van der Waals surface area contributed by atoms with Gasteiger partial charge in [0.1, 0.15) is 12.3 Å². The van der Waals surface area contributed by atoms with Crippen molar-refractivity contribution < 1.29 is 13.9 Å². The molecule has 2 N–H and O–H groups in total. The van der Waals surface area contributed by atoms with E-state index in [1.54, 1.807) is 23.5 Å². The number of hydrogen-bond donors (Lipinski definition) is 1. The summed E-state index contributed by atoms with van der Waals surface area (Å²) >= 11 is 7.66. The molecule has 0 aliphatic heterocycles. The van der Waals surface area contributed by atoms with E-state index in [0.29, 0.717) is 5.56 Å². The third kappa shape index (κ3) is 3.44.